The van der Waals surface area contributed by atoms with Crippen LogP contribution in [-0.2, 0) is 4.79 Å². The Morgan fingerprint density at radius 2 is 2.39 bits per heavy atom. The minimum atomic E-state index is -0.118. The van der Waals surface area contributed by atoms with Gasteiger partial charge in [-0.05, 0) is 45.4 Å². The van der Waals surface area contributed by atoms with Gasteiger partial charge in [0, 0.05) is 17.0 Å². The second-order valence-electron chi connectivity index (χ2n) is 4.95. The first-order valence-electron chi connectivity index (χ1n) is 6.35. The van der Waals surface area contributed by atoms with E-state index in [-0.39, 0.29) is 11.8 Å². The van der Waals surface area contributed by atoms with Crippen molar-refractivity contribution >= 4 is 28.8 Å². The standard InChI is InChI=1S/C13H19ClN2OS/c1-8-7-10(5-6-15-8)16-13(17)9(2)11-3-4-12(14)18-11/h3-4,8-10,15H,5-7H2,1-2H3,(H,16,17). The molecule has 1 aromatic rings. The van der Waals surface area contributed by atoms with Gasteiger partial charge in [0.2, 0.25) is 5.91 Å². The zero-order valence-corrected chi connectivity index (χ0v) is 12.3. The second kappa shape index (κ2) is 6.04. The lowest BCUT2D eigenvalue weighted by Gasteiger charge is -2.29. The van der Waals surface area contributed by atoms with Crippen LogP contribution in [0.2, 0.25) is 4.34 Å². The van der Waals surface area contributed by atoms with Crippen LogP contribution in [0.15, 0.2) is 12.1 Å². The first kappa shape index (κ1) is 13.8. The number of nitrogens with one attached hydrogen (secondary N) is 2. The minimum Gasteiger partial charge on any atom is -0.353 e. The van der Waals surface area contributed by atoms with Gasteiger partial charge in [0.15, 0.2) is 0 Å². The summed E-state index contributed by atoms with van der Waals surface area (Å²) in [4.78, 5) is 13.2. The summed E-state index contributed by atoms with van der Waals surface area (Å²) in [6.07, 6.45) is 2.01. The molecular weight excluding hydrogens is 268 g/mol. The Labute approximate surface area is 117 Å². The molecule has 1 saturated heterocycles. The van der Waals surface area contributed by atoms with Crippen LogP contribution in [0.5, 0.6) is 0 Å². The molecule has 1 aromatic heterocycles. The van der Waals surface area contributed by atoms with Crippen molar-refractivity contribution < 1.29 is 4.79 Å². The number of hydrogen-bond donors (Lipinski definition) is 2. The molecule has 2 N–H and O–H groups in total. The largest absolute Gasteiger partial charge is 0.353 e. The molecule has 3 nitrogen and oxygen atoms in total. The predicted molar refractivity (Wildman–Crippen MR) is 76.4 cm³/mol. The van der Waals surface area contributed by atoms with Crippen LogP contribution in [0.25, 0.3) is 0 Å². The van der Waals surface area contributed by atoms with Crippen molar-refractivity contribution in [3.8, 4) is 0 Å². The maximum Gasteiger partial charge on any atom is 0.228 e. The fraction of sp³-hybridized carbons (Fsp3) is 0.615. The molecule has 0 bridgehead atoms. The van der Waals surface area contributed by atoms with E-state index < -0.39 is 0 Å². The molecule has 1 aliphatic heterocycles. The molecule has 3 unspecified atom stereocenters. The van der Waals surface area contributed by atoms with Crippen LogP contribution in [0, 0.1) is 0 Å². The first-order chi connectivity index (χ1) is 8.56. The van der Waals surface area contributed by atoms with Crippen molar-refractivity contribution in [1.29, 1.82) is 0 Å². The van der Waals surface area contributed by atoms with E-state index in [2.05, 4.69) is 17.6 Å². The SMILES string of the molecule is CC1CC(NC(=O)C(C)c2ccc(Cl)s2)CCN1. The van der Waals surface area contributed by atoms with Gasteiger partial charge in [0.25, 0.3) is 0 Å². The average molecular weight is 287 g/mol. The molecule has 0 aromatic carbocycles. The number of rotatable bonds is 3. The predicted octanol–water partition coefficient (Wildman–Crippen LogP) is 2.76. The van der Waals surface area contributed by atoms with E-state index in [1.165, 1.54) is 11.3 Å². The number of hydrogen-bond acceptors (Lipinski definition) is 3. The van der Waals surface area contributed by atoms with E-state index in [1.54, 1.807) is 0 Å². The van der Waals surface area contributed by atoms with Crippen LogP contribution < -0.4 is 10.6 Å². The van der Waals surface area contributed by atoms with Gasteiger partial charge >= 0.3 is 0 Å². The normalized spacial score (nSPS) is 25.7. The summed E-state index contributed by atoms with van der Waals surface area (Å²) in [7, 11) is 0. The van der Waals surface area contributed by atoms with E-state index in [9.17, 15) is 4.79 Å². The van der Waals surface area contributed by atoms with Crippen LogP contribution in [0.4, 0.5) is 0 Å². The van der Waals surface area contributed by atoms with Gasteiger partial charge in [-0.15, -0.1) is 11.3 Å². The molecule has 0 spiro atoms. The highest BCUT2D eigenvalue weighted by molar-refractivity contribution is 7.16. The zero-order valence-electron chi connectivity index (χ0n) is 10.7. The third-order valence-electron chi connectivity index (χ3n) is 3.38. The highest BCUT2D eigenvalue weighted by Crippen LogP contribution is 2.28. The molecular formula is C13H19ClN2OS. The summed E-state index contributed by atoms with van der Waals surface area (Å²) < 4.78 is 0.736. The fourth-order valence-corrected chi connectivity index (χ4v) is 3.39. The number of halogens is 1. The maximum atomic E-state index is 12.2. The number of thiophene rings is 1. The van der Waals surface area contributed by atoms with Gasteiger partial charge in [-0.1, -0.05) is 11.6 Å². The van der Waals surface area contributed by atoms with Crippen LogP contribution in [-0.4, -0.2) is 24.5 Å². The Morgan fingerprint density at radius 1 is 1.61 bits per heavy atom. The lowest BCUT2D eigenvalue weighted by Crippen LogP contribution is -2.47. The zero-order chi connectivity index (χ0) is 13.1. The summed E-state index contributed by atoms with van der Waals surface area (Å²) in [5.74, 6) is -0.0136. The molecule has 1 amide bonds. The molecule has 5 heteroatoms. The van der Waals surface area contributed by atoms with E-state index in [4.69, 9.17) is 11.6 Å². The number of carbonyl (C=O) groups excluding carboxylic acids is 1. The Morgan fingerprint density at radius 3 is 3.00 bits per heavy atom. The molecule has 1 aliphatic rings. The van der Waals surface area contributed by atoms with Gasteiger partial charge < -0.3 is 10.6 Å². The van der Waals surface area contributed by atoms with E-state index >= 15 is 0 Å². The second-order valence-corrected chi connectivity index (χ2v) is 6.70. The summed E-state index contributed by atoms with van der Waals surface area (Å²) in [6, 6.07) is 4.56. The first-order valence-corrected chi connectivity index (χ1v) is 7.54. The number of amides is 1. The molecule has 3 atom stereocenters. The number of piperidine rings is 1. The quantitative estimate of drug-likeness (QED) is 0.897. The smallest absolute Gasteiger partial charge is 0.228 e. The topological polar surface area (TPSA) is 41.1 Å². The van der Waals surface area contributed by atoms with Gasteiger partial charge in [-0.25, -0.2) is 0 Å². The third-order valence-corrected chi connectivity index (χ3v) is 4.80. The molecule has 100 valence electrons. The van der Waals surface area contributed by atoms with E-state index in [0.29, 0.717) is 12.1 Å². The van der Waals surface area contributed by atoms with Crippen molar-refractivity contribution in [2.24, 2.45) is 0 Å². The summed E-state index contributed by atoms with van der Waals surface area (Å²) >= 11 is 7.38. The van der Waals surface area contributed by atoms with Crippen molar-refractivity contribution in [3.63, 3.8) is 0 Å². The van der Waals surface area contributed by atoms with Crippen molar-refractivity contribution in [1.82, 2.24) is 10.6 Å². The fourth-order valence-electron chi connectivity index (χ4n) is 2.28. The van der Waals surface area contributed by atoms with Gasteiger partial charge in [0.05, 0.1) is 10.3 Å². The molecule has 2 heterocycles. The van der Waals surface area contributed by atoms with Crippen molar-refractivity contribution in [2.45, 2.75) is 44.7 Å². The average Bonchev–Trinajstić information content (AvgIpc) is 2.75. The third kappa shape index (κ3) is 3.46. The Balaban J connectivity index is 1.91. The number of carbonyl (C=O) groups is 1. The summed E-state index contributed by atoms with van der Waals surface area (Å²) in [5, 5.41) is 6.52. The highest BCUT2D eigenvalue weighted by atomic mass is 35.5. The molecule has 18 heavy (non-hydrogen) atoms. The minimum absolute atomic E-state index is 0.104. The molecule has 1 fully saturated rings. The lowest BCUT2D eigenvalue weighted by molar-refractivity contribution is -0.123. The Kier molecular flexibility index (Phi) is 4.65. The van der Waals surface area contributed by atoms with Gasteiger partial charge in [0.1, 0.15) is 0 Å². The van der Waals surface area contributed by atoms with Crippen LogP contribution in [0.1, 0.15) is 37.5 Å². The maximum absolute atomic E-state index is 12.2. The lowest BCUT2D eigenvalue weighted by atomic mass is 9.99. The monoisotopic (exact) mass is 286 g/mol. The Bertz CT molecular complexity index is 421. The van der Waals surface area contributed by atoms with Gasteiger partial charge in [-0.3, -0.25) is 4.79 Å². The van der Waals surface area contributed by atoms with Crippen molar-refractivity contribution in [2.75, 3.05) is 6.54 Å². The van der Waals surface area contributed by atoms with Gasteiger partial charge in [-0.2, -0.15) is 0 Å². The van der Waals surface area contributed by atoms with Crippen molar-refractivity contribution in [3.05, 3.63) is 21.3 Å². The Hall–Kier alpha value is -0.580. The molecule has 2 rings (SSSR count). The highest BCUT2D eigenvalue weighted by Gasteiger charge is 2.23. The van der Waals surface area contributed by atoms with E-state index in [1.807, 2.05) is 19.1 Å². The molecule has 0 saturated carbocycles. The van der Waals surface area contributed by atoms with Crippen LogP contribution >= 0.6 is 22.9 Å². The summed E-state index contributed by atoms with van der Waals surface area (Å²) in [5.41, 5.74) is 0. The molecule has 0 radical (unpaired) electrons. The van der Waals surface area contributed by atoms with Crippen LogP contribution in [0.3, 0.4) is 0 Å². The summed E-state index contributed by atoms with van der Waals surface area (Å²) in [6.45, 7) is 5.06. The molecule has 0 aliphatic carbocycles. The van der Waals surface area contributed by atoms with E-state index in [0.717, 1.165) is 28.6 Å².